The highest BCUT2D eigenvalue weighted by atomic mass is 19.1. The van der Waals surface area contributed by atoms with E-state index >= 15 is 0 Å². The number of halogens is 1. The van der Waals surface area contributed by atoms with Gasteiger partial charge in [-0.25, -0.2) is 9.18 Å². The monoisotopic (exact) mass is 259 g/mol. The molecule has 1 aromatic carbocycles. The molecule has 19 heavy (non-hydrogen) atoms. The van der Waals surface area contributed by atoms with Gasteiger partial charge in [0.25, 0.3) is 0 Å². The fourth-order valence-electron chi connectivity index (χ4n) is 1.85. The molecule has 0 spiro atoms. The molecule has 0 radical (unpaired) electrons. The Kier molecular flexibility index (Phi) is 3.90. The number of hydrogen-bond acceptors (Lipinski definition) is 2. The van der Waals surface area contributed by atoms with Gasteiger partial charge in [-0.3, -0.25) is 4.98 Å². The molecule has 0 bridgehead atoms. The number of carbonyl (C=O) groups is 1. The van der Waals surface area contributed by atoms with Gasteiger partial charge in [-0.15, -0.1) is 0 Å². The molecule has 0 saturated carbocycles. The Bertz CT molecular complexity index is 594. The van der Waals surface area contributed by atoms with Crippen LogP contribution in [0.15, 0.2) is 36.5 Å². The van der Waals surface area contributed by atoms with E-state index in [1.807, 2.05) is 19.1 Å². The van der Waals surface area contributed by atoms with E-state index in [1.54, 1.807) is 18.3 Å². The molecule has 0 aliphatic rings. The standard InChI is InChI=1S/C15H14FNO2/c1-2-10-6-7-12(17-9-10)8-11-4-3-5-13(14(11)16)15(18)19/h3-7,9H,2,8H2,1H3,(H,18,19). The molecular weight excluding hydrogens is 245 g/mol. The van der Waals surface area contributed by atoms with Crippen molar-refractivity contribution in [2.45, 2.75) is 19.8 Å². The van der Waals surface area contributed by atoms with Crippen molar-refractivity contribution in [3.8, 4) is 0 Å². The number of nitrogens with zero attached hydrogens (tertiary/aromatic N) is 1. The largest absolute Gasteiger partial charge is 0.478 e. The third-order valence-corrected chi connectivity index (χ3v) is 2.97. The summed E-state index contributed by atoms with van der Waals surface area (Å²) in [7, 11) is 0. The van der Waals surface area contributed by atoms with Crippen molar-refractivity contribution in [3.05, 3.63) is 64.7 Å². The molecule has 0 unspecified atom stereocenters. The number of carboxylic acids is 1. The van der Waals surface area contributed by atoms with Crippen LogP contribution < -0.4 is 0 Å². The van der Waals surface area contributed by atoms with E-state index < -0.39 is 11.8 Å². The van der Waals surface area contributed by atoms with Crippen LogP contribution in [0.4, 0.5) is 4.39 Å². The fourth-order valence-corrected chi connectivity index (χ4v) is 1.85. The summed E-state index contributed by atoms with van der Waals surface area (Å²) >= 11 is 0. The third-order valence-electron chi connectivity index (χ3n) is 2.97. The third kappa shape index (κ3) is 2.96. The molecule has 0 saturated heterocycles. The summed E-state index contributed by atoms with van der Waals surface area (Å²) < 4.78 is 13.9. The molecule has 98 valence electrons. The van der Waals surface area contributed by atoms with Gasteiger partial charge in [-0.2, -0.15) is 0 Å². The lowest BCUT2D eigenvalue weighted by Gasteiger charge is -2.06. The Labute approximate surface area is 110 Å². The van der Waals surface area contributed by atoms with Crippen molar-refractivity contribution in [2.24, 2.45) is 0 Å². The van der Waals surface area contributed by atoms with Gasteiger partial charge in [0, 0.05) is 18.3 Å². The maximum Gasteiger partial charge on any atom is 0.338 e. The maximum absolute atomic E-state index is 13.9. The summed E-state index contributed by atoms with van der Waals surface area (Å²) in [5.41, 5.74) is 1.88. The highest BCUT2D eigenvalue weighted by Gasteiger charge is 2.14. The molecule has 0 atom stereocenters. The van der Waals surface area contributed by atoms with Gasteiger partial charge in [-0.05, 0) is 29.7 Å². The van der Waals surface area contributed by atoms with Crippen molar-refractivity contribution in [1.82, 2.24) is 4.98 Å². The number of aromatic carboxylic acids is 1. The Balaban J connectivity index is 2.27. The van der Waals surface area contributed by atoms with Crippen molar-refractivity contribution < 1.29 is 14.3 Å². The van der Waals surface area contributed by atoms with Gasteiger partial charge >= 0.3 is 5.97 Å². The maximum atomic E-state index is 13.9. The van der Waals surface area contributed by atoms with E-state index in [4.69, 9.17) is 5.11 Å². The number of benzene rings is 1. The average Bonchev–Trinajstić information content (AvgIpc) is 2.41. The molecule has 1 heterocycles. The first-order valence-electron chi connectivity index (χ1n) is 6.06. The highest BCUT2D eigenvalue weighted by Crippen LogP contribution is 2.16. The zero-order chi connectivity index (χ0) is 13.8. The summed E-state index contributed by atoms with van der Waals surface area (Å²) in [6.07, 6.45) is 2.95. The predicted octanol–water partition coefficient (Wildman–Crippen LogP) is 3.07. The van der Waals surface area contributed by atoms with Crippen LogP contribution in [0, 0.1) is 5.82 Å². The van der Waals surface area contributed by atoms with Gasteiger partial charge in [0.1, 0.15) is 5.82 Å². The van der Waals surface area contributed by atoms with E-state index in [0.717, 1.165) is 17.7 Å². The van der Waals surface area contributed by atoms with E-state index in [1.165, 1.54) is 6.07 Å². The molecule has 1 aromatic heterocycles. The van der Waals surface area contributed by atoms with Gasteiger partial charge in [0.2, 0.25) is 0 Å². The molecule has 4 heteroatoms. The van der Waals surface area contributed by atoms with Crippen LogP contribution in [0.1, 0.15) is 34.1 Å². The lowest BCUT2D eigenvalue weighted by molar-refractivity contribution is 0.0691. The first-order chi connectivity index (χ1) is 9.11. The van der Waals surface area contributed by atoms with E-state index in [-0.39, 0.29) is 12.0 Å². The minimum Gasteiger partial charge on any atom is -0.478 e. The molecule has 2 rings (SSSR count). The Hall–Kier alpha value is -2.23. The number of aromatic nitrogens is 1. The van der Waals surface area contributed by atoms with Crippen molar-refractivity contribution in [3.63, 3.8) is 0 Å². The molecule has 2 aromatic rings. The van der Waals surface area contributed by atoms with Crippen LogP contribution in [0.3, 0.4) is 0 Å². The van der Waals surface area contributed by atoms with Gasteiger partial charge in [-0.1, -0.05) is 25.1 Å². The molecule has 3 nitrogen and oxygen atoms in total. The number of rotatable bonds is 4. The van der Waals surface area contributed by atoms with Crippen LogP contribution >= 0.6 is 0 Å². The van der Waals surface area contributed by atoms with E-state index in [2.05, 4.69) is 4.98 Å². The van der Waals surface area contributed by atoms with Crippen molar-refractivity contribution in [1.29, 1.82) is 0 Å². The first kappa shape index (κ1) is 13.2. The van der Waals surface area contributed by atoms with Crippen LogP contribution in [-0.4, -0.2) is 16.1 Å². The number of pyridine rings is 1. The SMILES string of the molecule is CCc1ccc(Cc2cccc(C(=O)O)c2F)nc1. The summed E-state index contributed by atoms with van der Waals surface area (Å²) in [6, 6.07) is 8.17. The number of aryl methyl sites for hydroxylation is 1. The summed E-state index contributed by atoms with van der Waals surface area (Å²) in [5, 5.41) is 8.87. The quantitative estimate of drug-likeness (QED) is 0.918. The van der Waals surface area contributed by atoms with Crippen molar-refractivity contribution >= 4 is 5.97 Å². The number of carboxylic acid groups (broad SMARTS) is 1. The molecule has 0 aliphatic heterocycles. The molecular formula is C15H14FNO2. The Morgan fingerprint density at radius 3 is 2.68 bits per heavy atom. The second-order valence-electron chi connectivity index (χ2n) is 4.27. The highest BCUT2D eigenvalue weighted by molar-refractivity contribution is 5.88. The number of hydrogen-bond donors (Lipinski definition) is 1. The van der Waals surface area contributed by atoms with Gasteiger partial charge in [0.05, 0.1) is 5.56 Å². The van der Waals surface area contributed by atoms with Gasteiger partial charge < -0.3 is 5.11 Å². The van der Waals surface area contributed by atoms with Crippen LogP contribution in [-0.2, 0) is 12.8 Å². The second-order valence-corrected chi connectivity index (χ2v) is 4.27. The predicted molar refractivity (Wildman–Crippen MR) is 69.8 cm³/mol. The Morgan fingerprint density at radius 2 is 2.11 bits per heavy atom. The molecule has 0 aliphatic carbocycles. The summed E-state index contributed by atoms with van der Waals surface area (Å²) in [4.78, 5) is 15.1. The smallest absolute Gasteiger partial charge is 0.338 e. The molecule has 0 fully saturated rings. The van der Waals surface area contributed by atoms with Gasteiger partial charge in [0.15, 0.2) is 0 Å². The average molecular weight is 259 g/mol. The topological polar surface area (TPSA) is 50.2 Å². The van der Waals surface area contributed by atoms with Crippen molar-refractivity contribution in [2.75, 3.05) is 0 Å². The zero-order valence-corrected chi connectivity index (χ0v) is 10.6. The van der Waals surface area contributed by atoms with Crippen LogP contribution in [0.5, 0.6) is 0 Å². The van der Waals surface area contributed by atoms with E-state index in [9.17, 15) is 9.18 Å². The van der Waals surface area contributed by atoms with Crippen LogP contribution in [0.25, 0.3) is 0 Å². The minimum absolute atomic E-state index is 0.289. The molecule has 1 N–H and O–H groups in total. The summed E-state index contributed by atoms with van der Waals surface area (Å²) in [5.74, 6) is -1.94. The fraction of sp³-hybridized carbons (Fsp3) is 0.200. The molecule has 0 amide bonds. The zero-order valence-electron chi connectivity index (χ0n) is 10.6. The second kappa shape index (κ2) is 5.61. The Morgan fingerprint density at radius 1 is 1.32 bits per heavy atom. The first-order valence-corrected chi connectivity index (χ1v) is 6.06. The van der Waals surface area contributed by atoms with Crippen LogP contribution in [0.2, 0.25) is 0 Å². The summed E-state index contributed by atoms with van der Waals surface area (Å²) in [6.45, 7) is 2.03. The van der Waals surface area contributed by atoms with E-state index in [0.29, 0.717) is 5.56 Å². The normalized spacial score (nSPS) is 10.4. The lowest BCUT2D eigenvalue weighted by atomic mass is 10.0. The minimum atomic E-state index is -1.26. The lowest BCUT2D eigenvalue weighted by Crippen LogP contribution is -2.04.